The first-order chi connectivity index (χ1) is 13.7. The van der Waals surface area contributed by atoms with E-state index in [1.165, 1.54) is 5.56 Å². The van der Waals surface area contributed by atoms with Crippen LogP contribution in [0.4, 0.5) is 0 Å². The minimum absolute atomic E-state index is 0.815. The summed E-state index contributed by atoms with van der Waals surface area (Å²) in [5.74, 6) is 3.34. The standard InChI is InChI=1S/C24H15O2PS/c28-27-22-12-5-4-9-18(22)25-20-10-6-11-21(24(20)27)26-19-14-13-17(15-23(19)27)16-7-2-1-3-8-16/h1-15H. The Labute approximate surface area is 168 Å². The summed E-state index contributed by atoms with van der Waals surface area (Å²) < 4.78 is 12.5. The highest BCUT2D eigenvalue weighted by Crippen LogP contribution is 2.58. The van der Waals surface area contributed by atoms with E-state index in [4.69, 9.17) is 21.3 Å². The summed E-state index contributed by atoms with van der Waals surface area (Å²) in [4.78, 5) is 0. The van der Waals surface area contributed by atoms with Crippen LogP contribution in [0, 0.1) is 0 Å². The van der Waals surface area contributed by atoms with Crippen LogP contribution in [0.5, 0.6) is 23.0 Å². The van der Waals surface area contributed by atoms with Gasteiger partial charge in [0.15, 0.2) is 0 Å². The SMILES string of the molecule is S=P12c3ccccc3Oc3cccc(c31)Oc1ccc(-c3ccccc3)cc12. The minimum Gasteiger partial charge on any atom is -0.456 e. The van der Waals surface area contributed by atoms with Crippen molar-refractivity contribution in [1.82, 2.24) is 0 Å². The fourth-order valence-electron chi connectivity index (χ4n) is 4.05. The Morgan fingerprint density at radius 3 is 1.96 bits per heavy atom. The number of fused-ring (bicyclic) bond motifs is 4. The molecule has 2 heterocycles. The van der Waals surface area contributed by atoms with E-state index >= 15 is 0 Å². The maximum atomic E-state index is 6.52. The van der Waals surface area contributed by atoms with Crippen molar-refractivity contribution in [2.45, 2.75) is 0 Å². The largest absolute Gasteiger partial charge is 0.456 e. The lowest BCUT2D eigenvalue weighted by molar-refractivity contribution is 0.466. The van der Waals surface area contributed by atoms with Gasteiger partial charge in [0, 0.05) is 10.6 Å². The Morgan fingerprint density at radius 1 is 0.536 bits per heavy atom. The summed E-state index contributed by atoms with van der Waals surface area (Å²) in [6, 6.07) is 28.6. The molecule has 4 aromatic rings. The van der Waals surface area contributed by atoms with Gasteiger partial charge in [-0.25, -0.2) is 0 Å². The Hall–Kier alpha value is -2.87. The van der Waals surface area contributed by atoms with Crippen LogP contribution in [-0.2, 0) is 11.8 Å². The molecule has 0 aliphatic carbocycles. The normalized spacial score (nSPS) is 18.1. The van der Waals surface area contributed by atoms with E-state index in [0.717, 1.165) is 44.5 Å². The van der Waals surface area contributed by atoms with Crippen molar-refractivity contribution >= 4 is 33.8 Å². The quantitative estimate of drug-likeness (QED) is 0.349. The summed E-state index contributed by atoms with van der Waals surface area (Å²) in [7, 11) is 0. The first kappa shape index (κ1) is 16.1. The Kier molecular flexibility index (Phi) is 3.35. The summed E-state index contributed by atoms with van der Waals surface area (Å²) >= 11 is 6.52. The third kappa shape index (κ3) is 2.12. The summed E-state index contributed by atoms with van der Waals surface area (Å²) in [5.41, 5.74) is 2.32. The number of hydrogen-bond donors (Lipinski definition) is 0. The van der Waals surface area contributed by atoms with Crippen molar-refractivity contribution in [2.75, 3.05) is 0 Å². The molecular formula is C24H15O2PS. The van der Waals surface area contributed by atoms with Crippen molar-refractivity contribution in [3.63, 3.8) is 0 Å². The fourth-order valence-corrected chi connectivity index (χ4v) is 8.55. The van der Waals surface area contributed by atoms with Gasteiger partial charge in [-0.1, -0.05) is 66.4 Å². The fraction of sp³-hybridized carbons (Fsp3) is 0. The predicted octanol–water partition coefficient (Wildman–Crippen LogP) is 5.32. The second-order valence-corrected chi connectivity index (χ2v) is 11.2. The van der Waals surface area contributed by atoms with Crippen LogP contribution in [0.1, 0.15) is 0 Å². The molecule has 1 unspecified atom stereocenters. The Morgan fingerprint density at radius 2 is 1.18 bits per heavy atom. The van der Waals surface area contributed by atoms with Gasteiger partial charge in [0.05, 0.1) is 11.3 Å². The van der Waals surface area contributed by atoms with E-state index in [-0.39, 0.29) is 0 Å². The molecule has 0 fully saturated rings. The molecule has 4 aromatic carbocycles. The lowest BCUT2D eigenvalue weighted by Gasteiger charge is -2.37. The predicted molar refractivity (Wildman–Crippen MR) is 118 cm³/mol. The zero-order valence-electron chi connectivity index (χ0n) is 14.8. The minimum atomic E-state index is -2.28. The lowest BCUT2D eigenvalue weighted by atomic mass is 10.1. The van der Waals surface area contributed by atoms with Crippen molar-refractivity contribution in [2.24, 2.45) is 0 Å². The van der Waals surface area contributed by atoms with E-state index in [1.54, 1.807) is 0 Å². The first-order valence-electron chi connectivity index (χ1n) is 9.14. The second kappa shape index (κ2) is 5.81. The average Bonchev–Trinajstić information content (AvgIpc) is 2.74. The van der Waals surface area contributed by atoms with Crippen molar-refractivity contribution < 1.29 is 9.47 Å². The highest BCUT2D eigenvalue weighted by Gasteiger charge is 2.42. The number of rotatable bonds is 1. The van der Waals surface area contributed by atoms with Gasteiger partial charge >= 0.3 is 0 Å². The monoisotopic (exact) mass is 398 g/mol. The Bertz CT molecular complexity index is 1280. The molecule has 2 nitrogen and oxygen atoms in total. The highest BCUT2D eigenvalue weighted by molar-refractivity contribution is 8.26. The van der Waals surface area contributed by atoms with Crippen LogP contribution in [0.25, 0.3) is 11.1 Å². The molecule has 0 spiro atoms. The van der Waals surface area contributed by atoms with Gasteiger partial charge < -0.3 is 9.47 Å². The van der Waals surface area contributed by atoms with Crippen LogP contribution >= 0.6 is 6.04 Å². The van der Waals surface area contributed by atoms with E-state index in [2.05, 4.69) is 48.5 Å². The third-order valence-electron chi connectivity index (χ3n) is 5.33. The van der Waals surface area contributed by atoms with Gasteiger partial charge in [-0.15, -0.1) is 0 Å². The molecule has 134 valence electrons. The van der Waals surface area contributed by atoms with Crippen LogP contribution in [-0.4, -0.2) is 0 Å². The molecule has 0 amide bonds. The molecule has 0 radical (unpaired) electrons. The van der Waals surface area contributed by atoms with Gasteiger partial charge in [0.1, 0.15) is 23.0 Å². The molecule has 2 aliphatic heterocycles. The molecule has 28 heavy (non-hydrogen) atoms. The summed E-state index contributed by atoms with van der Waals surface area (Å²) in [6.07, 6.45) is 0. The van der Waals surface area contributed by atoms with Crippen LogP contribution in [0.15, 0.2) is 91.0 Å². The molecule has 0 saturated heterocycles. The van der Waals surface area contributed by atoms with Gasteiger partial charge in [-0.2, -0.15) is 0 Å². The smallest absolute Gasteiger partial charge is 0.140 e. The van der Waals surface area contributed by atoms with Crippen molar-refractivity contribution in [1.29, 1.82) is 0 Å². The summed E-state index contributed by atoms with van der Waals surface area (Å²) in [5, 5.41) is 3.22. The Balaban J connectivity index is 1.68. The van der Waals surface area contributed by atoms with E-state index in [1.807, 2.05) is 42.5 Å². The van der Waals surface area contributed by atoms with E-state index in [0.29, 0.717) is 0 Å². The van der Waals surface area contributed by atoms with Crippen LogP contribution in [0.2, 0.25) is 0 Å². The molecule has 0 aromatic heterocycles. The van der Waals surface area contributed by atoms with Crippen LogP contribution < -0.4 is 25.4 Å². The molecule has 0 bridgehead atoms. The van der Waals surface area contributed by atoms with Crippen molar-refractivity contribution in [3.05, 3.63) is 91.0 Å². The van der Waals surface area contributed by atoms with Gasteiger partial charge in [0.25, 0.3) is 0 Å². The lowest BCUT2D eigenvalue weighted by Crippen LogP contribution is -2.34. The van der Waals surface area contributed by atoms with Crippen molar-refractivity contribution in [3.8, 4) is 34.1 Å². The van der Waals surface area contributed by atoms with E-state index in [9.17, 15) is 0 Å². The zero-order chi connectivity index (χ0) is 18.7. The molecule has 4 heteroatoms. The average molecular weight is 398 g/mol. The molecule has 2 aliphatic rings. The molecular weight excluding hydrogens is 383 g/mol. The zero-order valence-corrected chi connectivity index (χ0v) is 16.5. The third-order valence-corrected chi connectivity index (χ3v) is 10.2. The van der Waals surface area contributed by atoms with E-state index < -0.39 is 6.04 Å². The maximum absolute atomic E-state index is 6.52. The maximum Gasteiger partial charge on any atom is 0.140 e. The topological polar surface area (TPSA) is 18.5 Å². The highest BCUT2D eigenvalue weighted by atomic mass is 32.4. The van der Waals surface area contributed by atoms with Gasteiger partial charge in [0.2, 0.25) is 0 Å². The number of ether oxygens (including phenoxy) is 2. The second-order valence-electron chi connectivity index (χ2n) is 6.93. The summed E-state index contributed by atoms with van der Waals surface area (Å²) in [6.45, 7) is 0. The van der Waals surface area contributed by atoms with Crippen LogP contribution in [0.3, 0.4) is 0 Å². The number of para-hydroxylation sites is 1. The molecule has 1 atom stereocenters. The van der Waals surface area contributed by atoms with Gasteiger partial charge in [-0.05, 0) is 47.5 Å². The molecule has 0 N–H and O–H groups in total. The molecule has 0 saturated carbocycles. The first-order valence-corrected chi connectivity index (χ1v) is 11.9. The van der Waals surface area contributed by atoms with Gasteiger partial charge in [-0.3, -0.25) is 0 Å². The number of benzene rings is 4. The number of hydrogen-bond acceptors (Lipinski definition) is 3. The molecule has 6 rings (SSSR count).